The molecule has 0 aromatic carbocycles. The molecule has 1 saturated heterocycles. The van der Waals surface area contributed by atoms with Gasteiger partial charge in [0, 0.05) is 6.04 Å². The monoisotopic (exact) mass is 255 g/mol. The van der Waals surface area contributed by atoms with E-state index in [4.69, 9.17) is 0 Å². The van der Waals surface area contributed by atoms with Gasteiger partial charge >= 0.3 is 0 Å². The molecule has 3 amide bonds. The van der Waals surface area contributed by atoms with E-state index in [0.29, 0.717) is 0 Å². The van der Waals surface area contributed by atoms with Crippen LogP contribution >= 0.6 is 0 Å². The molecule has 102 valence electrons. The minimum absolute atomic E-state index is 0.100. The molecule has 0 saturated carbocycles. The number of imide groups is 1. The molecule has 1 unspecified atom stereocenters. The van der Waals surface area contributed by atoms with Crippen molar-refractivity contribution >= 4 is 17.7 Å². The molecule has 0 radical (unpaired) electrons. The van der Waals surface area contributed by atoms with Gasteiger partial charge in [0.15, 0.2) is 0 Å². The van der Waals surface area contributed by atoms with Crippen LogP contribution in [0, 0.1) is 0 Å². The van der Waals surface area contributed by atoms with Crippen molar-refractivity contribution in [3.8, 4) is 0 Å². The number of rotatable bonds is 5. The molecule has 0 aliphatic carbocycles. The Morgan fingerprint density at radius 3 is 2.61 bits per heavy atom. The van der Waals surface area contributed by atoms with Gasteiger partial charge in [0.05, 0.1) is 12.6 Å². The summed E-state index contributed by atoms with van der Waals surface area (Å²) in [6, 6.07) is -0.313. The van der Waals surface area contributed by atoms with Crippen LogP contribution in [-0.2, 0) is 14.4 Å². The largest absolute Gasteiger partial charge is 0.352 e. The minimum Gasteiger partial charge on any atom is -0.352 e. The Labute approximate surface area is 107 Å². The van der Waals surface area contributed by atoms with Crippen molar-refractivity contribution in [2.24, 2.45) is 0 Å². The Kier molecular flexibility index (Phi) is 5.27. The fourth-order valence-electron chi connectivity index (χ4n) is 1.86. The smallest absolute Gasteiger partial charge is 0.246 e. The first kappa shape index (κ1) is 14.6. The summed E-state index contributed by atoms with van der Waals surface area (Å²) in [6.45, 7) is 5.57. The second-order valence-corrected chi connectivity index (χ2v) is 4.50. The van der Waals surface area contributed by atoms with Gasteiger partial charge in [-0.2, -0.15) is 0 Å². The van der Waals surface area contributed by atoms with Gasteiger partial charge in [-0.3, -0.25) is 24.6 Å². The normalized spacial score (nSPS) is 20.4. The van der Waals surface area contributed by atoms with Gasteiger partial charge in [-0.15, -0.1) is 0 Å². The molecule has 6 heteroatoms. The molecule has 1 aliphatic rings. The minimum atomic E-state index is -0.413. The van der Waals surface area contributed by atoms with Crippen molar-refractivity contribution in [3.05, 3.63) is 0 Å². The van der Waals surface area contributed by atoms with Gasteiger partial charge in [-0.25, -0.2) is 0 Å². The van der Waals surface area contributed by atoms with Gasteiger partial charge in [0.2, 0.25) is 17.7 Å². The number of hydrogen-bond acceptors (Lipinski definition) is 4. The van der Waals surface area contributed by atoms with E-state index >= 15 is 0 Å². The van der Waals surface area contributed by atoms with Crippen LogP contribution < -0.4 is 10.6 Å². The quantitative estimate of drug-likeness (QED) is 0.658. The lowest BCUT2D eigenvalue weighted by Gasteiger charge is -2.29. The van der Waals surface area contributed by atoms with Crippen LogP contribution in [0.2, 0.25) is 0 Å². The van der Waals surface area contributed by atoms with Gasteiger partial charge < -0.3 is 5.32 Å². The molecular formula is C12H21N3O3. The summed E-state index contributed by atoms with van der Waals surface area (Å²) in [5.41, 5.74) is 0. The van der Waals surface area contributed by atoms with Crippen molar-refractivity contribution in [3.63, 3.8) is 0 Å². The molecule has 6 nitrogen and oxygen atoms in total. The standard InChI is InChI=1S/C12H21N3O3/c1-4-9(5-2)14-10(16)7-15-11(17)6-13-8(3)12(15)18/h8-9,13H,4-7H2,1-3H3,(H,14,16). The lowest BCUT2D eigenvalue weighted by molar-refractivity contribution is -0.151. The van der Waals surface area contributed by atoms with E-state index in [2.05, 4.69) is 10.6 Å². The van der Waals surface area contributed by atoms with Crippen LogP contribution in [0.4, 0.5) is 0 Å². The fourth-order valence-corrected chi connectivity index (χ4v) is 1.86. The summed E-state index contributed by atoms with van der Waals surface area (Å²) in [7, 11) is 0. The average Bonchev–Trinajstić information content (AvgIpc) is 2.36. The van der Waals surface area contributed by atoms with Crippen molar-refractivity contribution in [1.82, 2.24) is 15.5 Å². The van der Waals surface area contributed by atoms with Crippen molar-refractivity contribution in [2.75, 3.05) is 13.1 Å². The second-order valence-electron chi connectivity index (χ2n) is 4.50. The van der Waals surface area contributed by atoms with Gasteiger partial charge in [-0.1, -0.05) is 13.8 Å². The molecule has 0 spiro atoms. The van der Waals surface area contributed by atoms with Gasteiger partial charge in [-0.05, 0) is 19.8 Å². The predicted molar refractivity (Wildman–Crippen MR) is 66.7 cm³/mol. The van der Waals surface area contributed by atoms with Crippen molar-refractivity contribution in [1.29, 1.82) is 0 Å². The summed E-state index contributed by atoms with van der Waals surface area (Å²) in [5.74, 6) is -0.969. The molecule has 1 aliphatic heterocycles. The van der Waals surface area contributed by atoms with E-state index in [1.54, 1.807) is 6.92 Å². The third-order valence-electron chi connectivity index (χ3n) is 3.15. The number of carbonyl (C=O) groups is 3. The third kappa shape index (κ3) is 3.53. The van der Waals surface area contributed by atoms with E-state index in [0.717, 1.165) is 17.7 Å². The Bertz CT molecular complexity index is 339. The molecule has 1 rings (SSSR count). The highest BCUT2D eigenvalue weighted by Crippen LogP contribution is 2.03. The number of nitrogens with one attached hydrogen (secondary N) is 2. The maximum atomic E-state index is 11.8. The van der Waals surface area contributed by atoms with E-state index in [1.165, 1.54) is 0 Å². The first-order valence-corrected chi connectivity index (χ1v) is 6.36. The van der Waals surface area contributed by atoms with Crippen LogP contribution in [-0.4, -0.2) is 47.8 Å². The van der Waals surface area contributed by atoms with E-state index in [-0.39, 0.29) is 36.9 Å². The SMILES string of the molecule is CCC(CC)NC(=O)CN1C(=O)CNC(C)C1=O. The fraction of sp³-hybridized carbons (Fsp3) is 0.750. The molecule has 0 aromatic heterocycles. The number of amides is 3. The summed E-state index contributed by atoms with van der Waals surface area (Å²) >= 11 is 0. The van der Waals surface area contributed by atoms with Crippen LogP contribution in [0.3, 0.4) is 0 Å². The van der Waals surface area contributed by atoms with Crippen LogP contribution in [0.15, 0.2) is 0 Å². The molecule has 1 atom stereocenters. The lowest BCUT2D eigenvalue weighted by atomic mass is 10.1. The summed E-state index contributed by atoms with van der Waals surface area (Å²) in [5, 5.41) is 5.59. The Morgan fingerprint density at radius 2 is 2.06 bits per heavy atom. The highest BCUT2D eigenvalue weighted by atomic mass is 16.2. The molecule has 2 N–H and O–H groups in total. The Balaban J connectivity index is 2.57. The zero-order chi connectivity index (χ0) is 13.7. The van der Waals surface area contributed by atoms with E-state index in [9.17, 15) is 14.4 Å². The highest BCUT2D eigenvalue weighted by Gasteiger charge is 2.32. The van der Waals surface area contributed by atoms with Gasteiger partial charge in [0.1, 0.15) is 6.54 Å². The summed E-state index contributed by atoms with van der Waals surface area (Å²) in [6.07, 6.45) is 1.67. The predicted octanol–water partition coefficient (Wildman–Crippen LogP) is -0.362. The maximum absolute atomic E-state index is 11.8. The molecule has 0 bridgehead atoms. The zero-order valence-corrected chi connectivity index (χ0v) is 11.2. The molecule has 0 aromatic rings. The number of carbonyl (C=O) groups excluding carboxylic acids is 3. The number of nitrogens with zero attached hydrogens (tertiary/aromatic N) is 1. The summed E-state index contributed by atoms with van der Waals surface area (Å²) < 4.78 is 0. The van der Waals surface area contributed by atoms with E-state index in [1.807, 2.05) is 13.8 Å². The molecule has 1 heterocycles. The first-order chi connectivity index (χ1) is 8.49. The number of hydrogen-bond donors (Lipinski definition) is 2. The van der Waals surface area contributed by atoms with Crippen LogP contribution in [0.1, 0.15) is 33.6 Å². The molecule has 1 fully saturated rings. The summed E-state index contributed by atoms with van der Waals surface area (Å²) in [4.78, 5) is 36.1. The zero-order valence-electron chi connectivity index (χ0n) is 11.2. The van der Waals surface area contributed by atoms with Gasteiger partial charge in [0.25, 0.3) is 0 Å². The Hall–Kier alpha value is -1.43. The van der Waals surface area contributed by atoms with Crippen LogP contribution in [0.25, 0.3) is 0 Å². The second kappa shape index (κ2) is 6.49. The average molecular weight is 255 g/mol. The Morgan fingerprint density at radius 1 is 1.44 bits per heavy atom. The van der Waals surface area contributed by atoms with Crippen LogP contribution in [0.5, 0.6) is 0 Å². The number of piperazine rings is 1. The molecular weight excluding hydrogens is 234 g/mol. The van der Waals surface area contributed by atoms with Crippen molar-refractivity contribution < 1.29 is 14.4 Å². The van der Waals surface area contributed by atoms with Crippen molar-refractivity contribution in [2.45, 2.75) is 45.7 Å². The highest BCUT2D eigenvalue weighted by molar-refractivity contribution is 6.03. The maximum Gasteiger partial charge on any atom is 0.246 e. The third-order valence-corrected chi connectivity index (χ3v) is 3.15. The van der Waals surface area contributed by atoms with E-state index < -0.39 is 6.04 Å². The topological polar surface area (TPSA) is 78.5 Å². The lowest BCUT2D eigenvalue weighted by Crippen LogP contribution is -2.59. The molecule has 18 heavy (non-hydrogen) atoms. The first-order valence-electron chi connectivity index (χ1n) is 6.36.